The van der Waals surface area contributed by atoms with Crippen LogP contribution in [0.1, 0.15) is 56.5 Å². The van der Waals surface area contributed by atoms with Crippen molar-refractivity contribution in [2.75, 3.05) is 20.6 Å². The summed E-state index contributed by atoms with van der Waals surface area (Å²) in [4.78, 5) is 18.1. The standard InChI is InChI=1S/C18H31N5O2/c1-5-15-14(16(6-2)25-22-15)11-19-18(20-12-17(24)23(3)4)21-13-9-7-8-10-13/h13H,5-12H2,1-4H3,(H2,19,20,21). The van der Waals surface area contributed by atoms with E-state index in [0.717, 1.165) is 42.7 Å². The fourth-order valence-electron chi connectivity index (χ4n) is 3.01. The highest BCUT2D eigenvalue weighted by atomic mass is 16.5. The summed E-state index contributed by atoms with van der Waals surface area (Å²) < 4.78 is 5.41. The Hall–Kier alpha value is -2.05. The molecule has 0 aliphatic heterocycles. The summed E-state index contributed by atoms with van der Waals surface area (Å²) in [6, 6.07) is 0.430. The number of rotatable bonds is 7. The lowest BCUT2D eigenvalue weighted by Gasteiger charge is -2.18. The van der Waals surface area contributed by atoms with Crippen LogP contribution in [0.3, 0.4) is 0 Å². The van der Waals surface area contributed by atoms with Gasteiger partial charge in [-0.25, -0.2) is 4.99 Å². The van der Waals surface area contributed by atoms with Gasteiger partial charge in [0.2, 0.25) is 5.91 Å². The molecular formula is C18H31N5O2. The van der Waals surface area contributed by atoms with E-state index in [-0.39, 0.29) is 12.5 Å². The Morgan fingerprint density at radius 3 is 2.60 bits per heavy atom. The van der Waals surface area contributed by atoms with Crippen molar-refractivity contribution in [1.82, 2.24) is 20.7 Å². The third-order valence-electron chi connectivity index (χ3n) is 4.60. The lowest BCUT2D eigenvalue weighted by atomic mass is 10.1. The van der Waals surface area contributed by atoms with Crippen LogP contribution >= 0.6 is 0 Å². The first-order valence-electron chi connectivity index (χ1n) is 9.26. The molecular weight excluding hydrogens is 318 g/mol. The van der Waals surface area contributed by atoms with Crippen LogP contribution in [0.25, 0.3) is 0 Å². The molecule has 1 saturated carbocycles. The van der Waals surface area contributed by atoms with E-state index >= 15 is 0 Å². The van der Waals surface area contributed by atoms with Crippen LogP contribution in [-0.2, 0) is 24.2 Å². The van der Waals surface area contributed by atoms with Crippen molar-refractivity contribution in [2.24, 2.45) is 4.99 Å². The van der Waals surface area contributed by atoms with Gasteiger partial charge in [-0.05, 0) is 19.3 Å². The van der Waals surface area contributed by atoms with Gasteiger partial charge >= 0.3 is 0 Å². The van der Waals surface area contributed by atoms with Crippen LogP contribution in [0.2, 0.25) is 0 Å². The number of amides is 1. The molecule has 1 aliphatic carbocycles. The molecule has 0 aromatic carbocycles. The molecule has 140 valence electrons. The summed E-state index contributed by atoms with van der Waals surface area (Å²) in [6.45, 7) is 4.86. The minimum Gasteiger partial charge on any atom is -0.361 e. The van der Waals surface area contributed by atoms with Crippen LogP contribution in [-0.4, -0.2) is 48.6 Å². The molecule has 7 nitrogen and oxygen atoms in total. The number of nitrogens with zero attached hydrogens (tertiary/aromatic N) is 3. The third-order valence-corrected chi connectivity index (χ3v) is 4.60. The van der Waals surface area contributed by atoms with Crippen molar-refractivity contribution < 1.29 is 9.32 Å². The molecule has 1 heterocycles. The Kier molecular flexibility index (Phi) is 7.28. The van der Waals surface area contributed by atoms with Gasteiger partial charge in [0.1, 0.15) is 5.76 Å². The summed E-state index contributed by atoms with van der Waals surface area (Å²) in [5.41, 5.74) is 2.03. The van der Waals surface area contributed by atoms with Crippen LogP contribution in [0, 0.1) is 0 Å². The topological polar surface area (TPSA) is 82.8 Å². The Morgan fingerprint density at radius 1 is 1.28 bits per heavy atom. The van der Waals surface area contributed by atoms with E-state index in [4.69, 9.17) is 9.52 Å². The van der Waals surface area contributed by atoms with E-state index < -0.39 is 0 Å². The number of likely N-dealkylation sites (N-methyl/N-ethyl adjacent to an activating group) is 1. The minimum absolute atomic E-state index is 0.0226. The second-order valence-electron chi connectivity index (χ2n) is 6.67. The maximum Gasteiger partial charge on any atom is 0.241 e. The van der Waals surface area contributed by atoms with E-state index in [2.05, 4.69) is 29.6 Å². The molecule has 25 heavy (non-hydrogen) atoms. The lowest BCUT2D eigenvalue weighted by Crippen LogP contribution is -2.46. The monoisotopic (exact) mass is 349 g/mol. The van der Waals surface area contributed by atoms with E-state index in [1.807, 2.05) is 0 Å². The van der Waals surface area contributed by atoms with Gasteiger partial charge in [-0.1, -0.05) is 31.8 Å². The number of aromatic nitrogens is 1. The summed E-state index contributed by atoms with van der Waals surface area (Å²) >= 11 is 0. The number of hydrogen-bond donors (Lipinski definition) is 2. The number of nitrogens with one attached hydrogen (secondary N) is 2. The van der Waals surface area contributed by atoms with Crippen molar-refractivity contribution in [1.29, 1.82) is 0 Å². The highest BCUT2D eigenvalue weighted by Gasteiger charge is 2.18. The molecule has 1 aliphatic rings. The normalized spacial score (nSPS) is 15.4. The molecule has 1 fully saturated rings. The van der Waals surface area contributed by atoms with Crippen molar-refractivity contribution in [2.45, 2.75) is 65.0 Å². The maximum absolute atomic E-state index is 11.9. The first-order chi connectivity index (χ1) is 12.0. The molecule has 2 rings (SSSR count). The molecule has 0 atom stereocenters. The van der Waals surface area contributed by atoms with Crippen LogP contribution in [0.15, 0.2) is 9.52 Å². The number of carbonyl (C=O) groups excluding carboxylic acids is 1. The minimum atomic E-state index is 0.0226. The molecule has 0 spiro atoms. The Bertz CT molecular complexity index is 567. The summed E-state index contributed by atoms with van der Waals surface area (Å²) in [7, 11) is 3.51. The molecule has 0 unspecified atom stereocenters. The zero-order valence-corrected chi connectivity index (χ0v) is 15.9. The first kappa shape index (κ1) is 19.3. The second kappa shape index (κ2) is 9.44. The zero-order valence-electron chi connectivity index (χ0n) is 15.9. The molecule has 0 bridgehead atoms. The molecule has 0 saturated heterocycles. The largest absolute Gasteiger partial charge is 0.361 e. The first-order valence-corrected chi connectivity index (χ1v) is 9.26. The smallest absolute Gasteiger partial charge is 0.241 e. The van der Waals surface area contributed by atoms with Gasteiger partial charge in [0.25, 0.3) is 0 Å². The van der Waals surface area contributed by atoms with E-state index in [1.54, 1.807) is 19.0 Å². The van der Waals surface area contributed by atoms with Gasteiger partial charge < -0.3 is 20.1 Å². The van der Waals surface area contributed by atoms with Crippen molar-refractivity contribution >= 4 is 11.9 Å². The Balaban J connectivity index is 2.08. The van der Waals surface area contributed by atoms with Crippen LogP contribution < -0.4 is 10.6 Å². The SMILES string of the molecule is CCc1noc(CC)c1CN=C(NCC(=O)N(C)C)NC1CCCC1. The lowest BCUT2D eigenvalue weighted by molar-refractivity contribution is -0.127. The Morgan fingerprint density at radius 2 is 2.00 bits per heavy atom. The van der Waals surface area contributed by atoms with E-state index in [1.165, 1.54) is 12.8 Å². The fourth-order valence-corrected chi connectivity index (χ4v) is 3.01. The highest BCUT2D eigenvalue weighted by molar-refractivity contribution is 5.86. The quantitative estimate of drug-likeness (QED) is 0.580. The Labute approximate surface area is 150 Å². The average molecular weight is 349 g/mol. The van der Waals surface area contributed by atoms with Gasteiger partial charge in [-0.2, -0.15) is 0 Å². The number of guanidine groups is 1. The predicted molar refractivity (Wildman–Crippen MR) is 98.5 cm³/mol. The van der Waals surface area contributed by atoms with Crippen molar-refractivity contribution in [3.8, 4) is 0 Å². The summed E-state index contributed by atoms with van der Waals surface area (Å²) in [5.74, 6) is 1.60. The highest BCUT2D eigenvalue weighted by Crippen LogP contribution is 2.18. The number of carbonyl (C=O) groups is 1. The molecule has 1 aromatic rings. The number of aliphatic imine (C=N–C) groups is 1. The van der Waals surface area contributed by atoms with Crippen LogP contribution in [0.4, 0.5) is 0 Å². The van der Waals surface area contributed by atoms with Gasteiger partial charge in [0.15, 0.2) is 5.96 Å². The van der Waals surface area contributed by atoms with Gasteiger partial charge in [-0.3, -0.25) is 4.79 Å². The average Bonchev–Trinajstić information content (AvgIpc) is 3.25. The molecule has 1 aromatic heterocycles. The van der Waals surface area contributed by atoms with E-state index in [9.17, 15) is 4.79 Å². The third kappa shape index (κ3) is 5.47. The zero-order chi connectivity index (χ0) is 18.2. The van der Waals surface area contributed by atoms with E-state index in [0.29, 0.717) is 18.5 Å². The molecule has 1 amide bonds. The van der Waals surface area contributed by atoms with Crippen LogP contribution in [0.5, 0.6) is 0 Å². The number of hydrogen-bond acceptors (Lipinski definition) is 4. The molecule has 7 heteroatoms. The second-order valence-corrected chi connectivity index (χ2v) is 6.67. The maximum atomic E-state index is 11.9. The van der Waals surface area contributed by atoms with Gasteiger partial charge in [-0.15, -0.1) is 0 Å². The molecule has 2 N–H and O–H groups in total. The van der Waals surface area contributed by atoms with Crippen molar-refractivity contribution in [3.63, 3.8) is 0 Å². The summed E-state index contributed by atoms with van der Waals surface area (Å²) in [6.07, 6.45) is 6.41. The summed E-state index contributed by atoms with van der Waals surface area (Å²) in [5, 5.41) is 10.8. The number of aryl methyl sites for hydroxylation is 2. The molecule has 0 radical (unpaired) electrons. The fraction of sp³-hybridized carbons (Fsp3) is 0.722. The predicted octanol–water partition coefficient (Wildman–Crippen LogP) is 1.87. The van der Waals surface area contributed by atoms with Gasteiger partial charge in [0, 0.05) is 32.1 Å². The van der Waals surface area contributed by atoms with Crippen molar-refractivity contribution in [3.05, 3.63) is 17.0 Å². The van der Waals surface area contributed by atoms with Gasteiger partial charge in [0.05, 0.1) is 18.8 Å².